The summed E-state index contributed by atoms with van der Waals surface area (Å²) in [7, 11) is 1.63. The van der Waals surface area contributed by atoms with Gasteiger partial charge in [-0.3, -0.25) is 4.79 Å². The van der Waals surface area contributed by atoms with Crippen molar-refractivity contribution >= 4 is 11.9 Å². The number of hydrogen-bond donors (Lipinski definition) is 1. The van der Waals surface area contributed by atoms with Crippen LogP contribution in [0.15, 0.2) is 0 Å². The molecule has 0 saturated carbocycles. The predicted molar refractivity (Wildman–Crippen MR) is 73.3 cm³/mol. The summed E-state index contributed by atoms with van der Waals surface area (Å²) in [5.41, 5.74) is 0. The molecule has 3 saturated heterocycles. The SMILES string of the molecule is CNC(=O)[C@@H]1CC[C@H]2[C@H](CCN2C(=O)N2CCCC2)O1. The van der Waals surface area contributed by atoms with Crippen molar-refractivity contribution in [1.29, 1.82) is 0 Å². The summed E-state index contributed by atoms with van der Waals surface area (Å²) in [4.78, 5) is 28.1. The van der Waals surface area contributed by atoms with Gasteiger partial charge < -0.3 is 19.9 Å². The van der Waals surface area contributed by atoms with Gasteiger partial charge in [-0.2, -0.15) is 0 Å². The fourth-order valence-electron chi connectivity index (χ4n) is 3.61. The van der Waals surface area contributed by atoms with Gasteiger partial charge in [-0.05, 0) is 32.1 Å². The molecule has 3 aliphatic rings. The van der Waals surface area contributed by atoms with Crippen molar-refractivity contribution in [2.45, 2.75) is 50.4 Å². The van der Waals surface area contributed by atoms with Crippen molar-refractivity contribution in [1.82, 2.24) is 15.1 Å². The second kappa shape index (κ2) is 5.60. The van der Waals surface area contributed by atoms with Gasteiger partial charge in [-0.1, -0.05) is 0 Å². The van der Waals surface area contributed by atoms with Gasteiger partial charge >= 0.3 is 6.03 Å². The smallest absolute Gasteiger partial charge is 0.320 e. The van der Waals surface area contributed by atoms with E-state index in [-0.39, 0.29) is 30.2 Å². The zero-order chi connectivity index (χ0) is 14.1. The van der Waals surface area contributed by atoms with Crippen molar-refractivity contribution in [2.75, 3.05) is 26.7 Å². The van der Waals surface area contributed by atoms with Crippen LogP contribution < -0.4 is 5.32 Å². The molecule has 3 atom stereocenters. The molecule has 0 aromatic carbocycles. The molecular weight excluding hydrogens is 258 g/mol. The number of urea groups is 1. The van der Waals surface area contributed by atoms with Crippen molar-refractivity contribution in [3.8, 4) is 0 Å². The number of nitrogens with zero attached hydrogens (tertiary/aromatic N) is 2. The molecule has 1 N–H and O–H groups in total. The normalized spacial score (nSPS) is 33.1. The lowest BCUT2D eigenvalue weighted by molar-refractivity contribution is -0.142. The van der Waals surface area contributed by atoms with Crippen molar-refractivity contribution in [3.63, 3.8) is 0 Å². The van der Waals surface area contributed by atoms with Crippen LogP contribution in [-0.4, -0.2) is 66.7 Å². The Kier molecular flexibility index (Phi) is 3.83. The average Bonchev–Trinajstić information content (AvgIpc) is 3.14. The van der Waals surface area contributed by atoms with E-state index in [1.807, 2.05) is 9.80 Å². The molecule has 0 spiro atoms. The number of hydrogen-bond acceptors (Lipinski definition) is 3. The Morgan fingerprint density at radius 1 is 1.10 bits per heavy atom. The van der Waals surface area contributed by atoms with Crippen molar-refractivity contribution in [3.05, 3.63) is 0 Å². The van der Waals surface area contributed by atoms with Gasteiger partial charge in [0.1, 0.15) is 6.10 Å². The van der Waals surface area contributed by atoms with Crippen LogP contribution in [0.4, 0.5) is 4.79 Å². The number of likely N-dealkylation sites (tertiary alicyclic amines) is 2. The monoisotopic (exact) mass is 281 g/mol. The standard InChI is InChI=1S/C14H23N3O3/c1-15-13(18)12-5-4-10-11(20-12)6-9-17(10)14(19)16-7-2-3-8-16/h10-12H,2-9H2,1H3,(H,15,18)/t10-,11-,12-/m0/s1. The summed E-state index contributed by atoms with van der Waals surface area (Å²) >= 11 is 0. The van der Waals surface area contributed by atoms with Crippen LogP contribution in [0.25, 0.3) is 0 Å². The van der Waals surface area contributed by atoms with Crippen LogP contribution in [0.2, 0.25) is 0 Å². The van der Waals surface area contributed by atoms with Gasteiger partial charge in [-0.25, -0.2) is 4.79 Å². The van der Waals surface area contributed by atoms with Gasteiger partial charge in [0, 0.05) is 26.7 Å². The van der Waals surface area contributed by atoms with E-state index in [0.717, 1.165) is 45.3 Å². The first-order valence-electron chi connectivity index (χ1n) is 7.63. The number of ether oxygens (including phenoxy) is 1. The number of likely N-dealkylation sites (N-methyl/N-ethyl adjacent to an activating group) is 1. The first-order valence-corrected chi connectivity index (χ1v) is 7.63. The summed E-state index contributed by atoms with van der Waals surface area (Å²) in [5.74, 6) is -0.0484. The van der Waals surface area contributed by atoms with Crippen molar-refractivity contribution in [2.24, 2.45) is 0 Å². The highest BCUT2D eigenvalue weighted by Gasteiger charge is 2.44. The molecule has 3 aliphatic heterocycles. The molecule has 0 radical (unpaired) electrons. The summed E-state index contributed by atoms with van der Waals surface area (Å²) in [5, 5.41) is 2.64. The van der Waals surface area contributed by atoms with Gasteiger partial charge in [0.2, 0.25) is 5.91 Å². The van der Waals surface area contributed by atoms with E-state index in [9.17, 15) is 9.59 Å². The van der Waals surface area contributed by atoms with Gasteiger partial charge in [0.15, 0.2) is 0 Å². The molecule has 20 heavy (non-hydrogen) atoms. The highest BCUT2D eigenvalue weighted by molar-refractivity contribution is 5.80. The van der Waals surface area contributed by atoms with E-state index >= 15 is 0 Å². The van der Waals surface area contributed by atoms with Crippen LogP contribution in [0, 0.1) is 0 Å². The molecule has 0 aliphatic carbocycles. The first-order chi connectivity index (χ1) is 9.70. The van der Waals surface area contributed by atoms with Crippen LogP contribution in [0.1, 0.15) is 32.1 Å². The zero-order valence-corrected chi connectivity index (χ0v) is 12.0. The number of nitrogens with one attached hydrogen (secondary N) is 1. The quantitative estimate of drug-likeness (QED) is 0.764. The van der Waals surface area contributed by atoms with E-state index in [2.05, 4.69) is 5.32 Å². The van der Waals surface area contributed by atoms with E-state index in [1.165, 1.54) is 0 Å². The summed E-state index contributed by atoms with van der Waals surface area (Å²) < 4.78 is 5.88. The number of carbonyl (C=O) groups is 2. The van der Waals surface area contributed by atoms with E-state index < -0.39 is 0 Å². The average molecular weight is 281 g/mol. The van der Waals surface area contributed by atoms with Crippen LogP contribution in [0.3, 0.4) is 0 Å². The van der Waals surface area contributed by atoms with Crippen molar-refractivity contribution < 1.29 is 14.3 Å². The Labute approximate surface area is 119 Å². The molecular formula is C14H23N3O3. The molecule has 3 fully saturated rings. The maximum absolute atomic E-state index is 12.5. The van der Waals surface area contributed by atoms with Crippen LogP contribution in [0.5, 0.6) is 0 Å². The second-order valence-electron chi connectivity index (χ2n) is 5.88. The maximum Gasteiger partial charge on any atom is 0.320 e. The molecule has 3 amide bonds. The summed E-state index contributed by atoms with van der Waals surface area (Å²) in [6, 6.07) is 0.320. The topological polar surface area (TPSA) is 61.9 Å². The Morgan fingerprint density at radius 2 is 1.85 bits per heavy atom. The van der Waals surface area contributed by atoms with E-state index in [1.54, 1.807) is 7.05 Å². The molecule has 112 valence electrons. The molecule has 0 aromatic rings. The molecule has 3 rings (SSSR count). The molecule has 0 aromatic heterocycles. The Hall–Kier alpha value is -1.30. The lowest BCUT2D eigenvalue weighted by Gasteiger charge is -2.36. The Bertz CT molecular complexity index is 395. The summed E-state index contributed by atoms with van der Waals surface area (Å²) in [6.07, 6.45) is 4.32. The van der Waals surface area contributed by atoms with Crippen LogP contribution in [-0.2, 0) is 9.53 Å². The van der Waals surface area contributed by atoms with E-state index in [4.69, 9.17) is 4.74 Å². The highest BCUT2D eigenvalue weighted by atomic mass is 16.5. The minimum absolute atomic E-state index is 0.0256. The third-order valence-corrected chi connectivity index (χ3v) is 4.71. The molecule has 0 bridgehead atoms. The predicted octanol–water partition coefficient (Wildman–Crippen LogP) is 0.570. The van der Waals surface area contributed by atoms with E-state index in [0.29, 0.717) is 6.42 Å². The fraction of sp³-hybridized carbons (Fsp3) is 0.857. The fourth-order valence-corrected chi connectivity index (χ4v) is 3.61. The number of amides is 3. The molecule has 6 heteroatoms. The molecule has 0 unspecified atom stereocenters. The third-order valence-electron chi connectivity index (χ3n) is 4.71. The van der Waals surface area contributed by atoms with Crippen LogP contribution >= 0.6 is 0 Å². The first kappa shape index (κ1) is 13.7. The minimum atomic E-state index is -0.344. The molecule has 3 heterocycles. The summed E-state index contributed by atoms with van der Waals surface area (Å²) in [6.45, 7) is 2.52. The zero-order valence-electron chi connectivity index (χ0n) is 12.0. The minimum Gasteiger partial charge on any atom is -0.363 e. The Morgan fingerprint density at radius 3 is 2.55 bits per heavy atom. The van der Waals surface area contributed by atoms with Gasteiger partial charge in [-0.15, -0.1) is 0 Å². The number of rotatable bonds is 1. The highest BCUT2D eigenvalue weighted by Crippen LogP contribution is 2.32. The maximum atomic E-state index is 12.5. The largest absolute Gasteiger partial charge is 0.363 e. The lowest BCUT2D eigenvalue weighted by atomic mass is 9.99. The molecule has 6 nitrogen and oxygen atoms in total. The third kappa shape index (κ3) is 2.37. The second-order valence-corrected chi connectivity index (χ2v) is 5.88. The number of carbonyl (C=O) groups excluding carboxylic acids is 2. The van der Waals surface area contributed by atoms with Gasteiger partial charge in [0.25, 0.3) is 0 Å². The van der Waals surface area contributed by atoms with Gasteiger partial charge in [0.05, 0.1) is 12.1 Å². The lowest BCUT2D eigenvalue weighted by Crippen LogP contribution is -2.51. The number of fused-ring (bicyclic) bond motifs is 1. The Balaban J connectivity index is 1.62.